The second-order valence-corrected chi connectivity index (χ2v) is 6.72. The van der Waals surface area contributed by atoms with Crippen LogP contribution in [0.5, 0.6) is 0 Å². The molecule has 114 valence electrons. The zero-order valence-corrected chi connectivity index (χ0v) is 12.8. The molecule has 20 heavy (non-hydrogen) atoms. The molecule has 6 nitrogen and oxygen atoms in total. The summed E-state index contributed by atoms with van der Waals surface area (Å²) in [7, 11) is 1.96. The number of likely N-dealkylation sites (N-methyl/N-ethyl adjacent to an activating group) is 1. The number of nitrogens with zero attached hydrogens (tertiary/aromatic N) is 3. The van der Waals surface area contributed by atoms with Gasteiger partial charge in [-0.05, 0) is 27.8 Å². The average molecular weight is 283 g/mol. The van der Waals surface area contributed by atoms with Crippen molar-refractivity contribution in [3.63, 3.8) is 0 Å². The number of carbonyl (C=O) groups excluding carboxylic acids is 2. The van der Waals surface area contributed by atoms with Crippen LogP contribution in [0.4, 0.5) is 4.79 Å². The summed E-state index contributed by atoms with van der Waals surface area (Å²) in [5.41, 5.74) is -0.458. The third-order valence-corrected chi connectivity index (χ3v) is 3.90. The van der Waals surface area contributed by atoms with E-state index in [2.05, 4.69) is 9.80 Å². The Morgan fingerprint density at radius 1 is 1.20 bits per heavy atom. The van der Waals surface area contributed by atoms with Gasteiger partial charge < -0.3 is 14.4 Å². The summed E-state index contributed by atoms with van der Waals surface area (Å²) in [5.74, 6) is 0. The highest BCUT2D eigenvalue weighted by atomic mass is 16.6. The average Bonchev–Trinajstić information content (AvgIpc) is 2.35. The van der Waals surface area contributed by atoms with Crippen molar-refractivity contribution in [2.24, 2.45) is 0 Å². The fraction of sp³-hybridized carbons (Fsp3) is 0.857. The van der Waals surface area contributed by atoms with Crippen molar-refractivity contribution in [3.05, 3.63) is 0 Å². The fourth-order valence-corrected chi connectivity index (χ4v) is 2.79. The Bertz CT molecular complexity index is 380. The number of fused-ring (bicyclic) bond motifs is 1. The number of rotatable bonds is 1. The predicted molar refractivity (Wildman–Crippen MR) is 75.7 cm³/mol. The topological polar surface area (TPSA) is 53.1 Å². The number of aldehydes is 1. The Balaban J connectivity index is 1.94. The first-order chi connectivity index (χ1) is 9.30. The molecule has 0 bridgehead atoms. The van der Waals surface area contributed by atoms with Crippen molar-refractivity contribution in [1.29, 1.82) is 0 Å². The van der Waals surface area contributed by atoms with E-state index in [0.29, 0.717) is 13.1 Å². The van der Waals surface area contributed by atoms with E-state index in [-0.39, 0.29) is 18.2 Å². The summed E-state index contributed by atoms with van der Waals surface area (Å²) in [6, 6.07) is 0.261. The number of amides is 1. The lowest BCUT2D eigenvalue weighted by atomic mass is 10.1. The van der Waals surface area contributed by atoms with Gasteiger partial charge in [0, 0.05) is 38.8 Å². The third kappa shape index (κ3) is 3.49. The summed E-state index contributed by atoms with van der Waals surface area (Å²) in [5, 5.41) is 0. The number of hydrogen-bond acceptors (Lipinski definition) is 5. The van der Waals surface area contributed by atoms with Gasteiger partial charge in [0.25, 0.3) is 0 Å². The van der Waals surface area contributed by atoms with E-state index >= 15 is 0 Å². The summed E-state index contributed by atoms with van der Waals surface area (Å²) < 4.78 is 5.42. The maximum atomic E-state index is 12.1. The van der Waals surface area contributed by atoms with Crippen LogP contribution in [0.2, 0.25) is 0 Å². The van der Waals surface area contributed by atoms with Crippen molar-refractivity contribution >= 4 is 12.4 Å². The van der Waals surface area contributed by atoms with Crippen LogP contribution in [-0.2, 0) is 9.53 Å². The van der Waals surface area contributed by atoms with Gasteiger partial charge in [-0.3, -0.25) is 9.80 Å². The molecule has 0 aromatic rings. The molecule has 1 amide bonds. The predicted octanol–water partition coefficient (Wildman–Crippen LogP) is 0.421. The molecule has 2 aliphatic heterocycles. The van der Waals surface area contributed by atoms with Crippen molar-refractivity contribution < 1.29 is 14.3 Å². The zero-order chi connectivity index (χ0) is 14.9. The minimum atomic E-state index is -0.458. The molecule has 2 aliphatic rings. The first-order valence-corrected chi connectivity index (χ1v) is 7.17. The molecule has 0 saturated carbocycles. The van der Waals surface area contributed by atoms with Crippen LogP contribution in [0.25, 0.3) is 0 Å². The highest BCUT2D eigenvalue weighted by Crippen LogP contribution is 2.19. The minimum Gasteiger partial charge on any atom is -0.444 e. The van der Waals surface area contributed by atoms with Crippen LogP contribution >= 0.6 is 0 Å². The molecule has 0 aliphatic carbocycles. The van der Waals surface area contributed by atoms with Crippen LogP contribution in [0.3, 0.4) is 0 Å². The largest absolute Gasteiger partial charge is 0.444 e. The second-order valence-electron chi connectivity index (χ2n) is 6.72. The zero-order valence-electron chi connectivity index (χ0n) is 12.8. The summed E-state index contributed by atoms with van der Waals surface area (Å²) in [6.07, 6.45) is 0.772. The van der Waals surface area contributed by atoms with Gasteiger partial charge in [0.05, 0.1) is 6.04 Å². The van der Waals surface area contributed by atoms with Gasteiger partial charge in [-0.1, -0.05) is 0 Å². The molecule has 2 heterocycles. The van der Waals surface area contributed by atoms with Crippen molar-refractivity contribution in [2.45, 2.75) is 38.5 Å². The molecule has 0 spiro atoms. The van der Waals surface area contributed by atoms with E-state index in [1.807, 2.05) is 27.8 Å². The maximum absolute atomic E-state index is 12.1. The molecule has 2 atom stereocenters. The van der Waals surface area contributed by atoms with Gasteiger partial charge in [-0.25, -0.2) is 4.79 Å². The first kappa shape index (κ1) is 15.3. The molecule has 6 heteroatoms. The number of hydrogen-bond donors (Lipinski definition) is 0. The highest BCUT2D eigenvalue weighted by Gasteiger charge is 2.37. The number of ether oxygens (including phenoxy) is 1. The number of piperazine rings is 2. The van der Waals surface area contributed by atoms with Gasteiger partial charge in [0.1, 0.15) is 11.9 Å². The Labute approximate surface area is 120 Å². The van der Waals surface area contributed by atoms with E-state index in [0.717, 1.165) is 25.9 Å². The van der Waals surface area contributed by atoms with Crippen LogP contribution < -0.4 is 0 Å². The van der Waals surface area contributed by atoms with Crippen LogP contribution in [0.1, 0.15) is 20.8 Å². The van der Waals surface area contributed by atoms with Crippen molar-refractivity contribution in [2.75, 3.05) is 39.8 Å². The monoisotopic (exact) mass is 283 g/mol. The van der Waals surface area contributed by atoms with Gasteiger partial charge in [-0.15, -0.1) is 0 Å². The number of carbonyl (C=O) groups is 2. The van der Waals surface area contributed by atoms with E-state index in [1.54, 1.807) is 4.90 Å². The van der Waals surface area contributed by atoms with Gasteiger partial charge in [0.15, 0.2) is 0 Å². The Kier molecular flexibility index (Phi) is 4.34. The van der Waals surface area contributed by atoms with Gasteiger partial charge >= 0.3 is 6.09 Å². The van der Waals surface area contributed by atoms with E-state index in [1.165, 1.54) is 0 Å². The summed E-state index contributed by atoms with van der Waals surface area (Å²) in [6.45, 7) is 9.35. The Morgan fingerprint density at radius 2 is 1.90 bits per heavy atom. The standard InChI is InChI=1S/C14H25N3O3/c1-14(2,3)20-13(19)17-6-5-16-9-12(10-18)15(4)7-11(16)8-17/h10-12H,5-9H2,1-4H3/t11?,12-/m0/s1. The molecule has 2 rings (SSSR count). The normalized spacial score (nSPS) is 28.9. The SMILES string of the molecule is CN1CC2CN(C(=O)OC(C)(C)C)CCN2C[C@H]1C=O. The van der Waals surface area contributed by atoms with Crippen LogP contribution in [-0.4, -0.2) is 84.5 Å². The lowest BCUT2D eigenvalue weighted by Crippen LogP contribution is -2.65. The van der Waals surface area contributed by atoms with E-state index in [4.69, 9.17) is 4.74 Å². The second kappa shape index (κ2) is 5.69. The summed E-state index contributed by atoms with van der Waals surface area (Å²) >= 11 is 0. The van der Waals surface area contributed by atoms with Crippen molar-refractivity contribution in [1.82, 2.24) is 14.7 Å². The van der Waals surface area contributed by atoms with Crippen LogP contribution in [0.15, 0.2) is 0 Å². The molecule has 1 unspecified atom stereocenters. The maximum Gasteiger partial charge on any atom is 0.410 e. The summed E-state index contributed by atoms with van der Waals surface area (Å²) in [4.78, 5) is 29.3. The fourth-order valence-electron chi connectivity index (χ4n) is 2.79. The Hall–Kier alpha value is -1.14. The lowest BCUT2D eigenvalue weighted by molar-refractivity contribution is -0.116. The van der Waals surface area contributed by atoms with E-state index in [9.17, 15) is 9.59 Å². The quantitative estimate of drug-likeness (QED) is 0.653. The molecule has 2 fully saturated rings. The minimum absolute atomic E-state index is 0.0284. The molecule has 0 radical (unpaired) electrons. The Morgan fingerprint density at radius 3 is 2.50 bits per heavy atom. The smallest absolute Gasteiger partial charge is 0.410 e. The third-order valence-electron chi connectivity index (χ3n) is 3.90. The van der Waals surface area contributed by atoms with Gasteiger partial charge in [0.2, 0.25) is 0 Å². The molecule has 0 aromatic carbocycles. The van der Waals surface area contributed by atoms with Crippen molar-refractivity contribution in [3.8, 4) is 0 Å². The van der Waals surface area contributed by atoms with E-state index < -0.39 is 5.60 Å². The highest BCUT2D eigenvalue weighted by molar-refractivity contribution is 5.68. The first-order valence-electron chi connectivity index (χ1n) is 7.17. The molecule has 0 aromatic heterocycles. The van der Waals surface area contributed by atoms with Gasteiger partial charge in [-0.2, -0.15) is 0 Å². The molecule has 2 saturated heterocycles. The lowest BCUT2D eigenvalue weighted by Gasteiger charge is -2.48. The van der Waals surface area contributed by atoms with Crippen LogP contribution in [0, 0.1) is 0 Å². The molecular weight excluding hydrogens is 258 g/mol. The molecular formula is C14H25N3O3. The molecule has 0 N–H and O–H groups in total.